The summed E-state index contributed by atoms with van der Waals surface area (Å²) in [6.07, 6.45) is 1.47. The van der Waals surface area contributed by atoms with Gasteiger partial charge in [-0.25, -0.2) is 4.98 Å². The van der Waals surface area contributed by atoms with Crippen LogP contribution in [0.5, 0.6) is 0 Å². The van der Waals surface area contributed by atoms with Gasteiger partial charge in [0.2, 0.25) is 5.95 Å². The zero-order valence-electron chi connectivity index (χ0n) is 14.0. The Kier molecular flexibility index (Phi) is 4.59. The van der Waals surface area contributed by atoms with E-state index in [2.05, 4.69) is 22.0 Å². The highest BCUT2D eigenvalue weighted by Gasteiger charge is 2.41. The van der Waals surface area contributed by atoms with Crippen LogP contribution in [0.15, 0.2) is 48.5 Å². The van der Waals surface area contributed by atoms with E-state index in [1.165, 1.54) is 11.6 Å². The lowest BCUT2D eigenvalue weighted by Crippen LogP contribution is -2.57. The summed E-state index contributed by atoms with van der Waals surface area (Å²) in [5.41, 5.74) is 1.51. The van der Waals surface area contributed by atoms with E-state index in [0.717, 1.165) is 19.4 Å². The van der Waals surface area contributed by atoms with Crippen LogP contribution in [0.4, 0.5) is 4.39 Å². The minimum absolute atomic E-state index is 0.0456. The number of hydrogen-bond acceptors (Lipinski definition) is 4. The zero-order chi connectivity index (χ0) is 17.2. The van der Waals surface area contributed by atoms with Crippen molar-refractivity contribution in [3.05, 3.63) is 65.7 Å². The molecule has 1 aromatic carbocycles. The molecule has 0 saturated carbocycles. The van der Waals surface area contributed by atoms with Gasteiger partial charge in [-0.1, -0.05) is 36.4 Å². The molecule has 0 spiro atoms. The largest absolute Gasteiger partial charge is 0.378 e. The molecule has 2 aliphatic rings. The minimum atomic E-state index is -0.601. The molecule has 0 amide bonds. The fourth-order valence-electron chi connectivity index (χ4n) is 4.01. The lowest BCUT2D eigenvalue weighted by Gasteiger charge is -2.48. The quantitative estimate of drug-likeness (QED) is 0.634. The number of ketones is 1. The molecule has 2 aromatic rings. The van der Waals surface area contributed by atoms with Gasteiger partial charge in [0.25, 0.3) is 0 Å². The minimum Gasteiger partial charge on any atom is -0.378 e. The molecule has 2 unspecified atom stereocenters. The summed E-state index contributed by atoms with van der Waals surface area (Å²) in [7, 11) is 0. The average molecular weight is 340 g/mol. The van der Waals surface area contributed by atoms with E-state index in [1.807, 2.05) is 18.2 Å². The second-order valence-electron chi connectivity index (χ2n) is 6.88. The number of benzene rings is 1. The number of piperidine rings is 1. The van der Waals surface area contributed by atoms with Crippen molar-refractivity contribution in [2.45, 2.75) is 31.5 Å². The van der Waals surface area contributed by atoms with E-state index in [-0.39, 0.29) is 29.5 Å². The Balaban J connectivity index is 1.50. The first kappa shape index (κ1) is 16.4. The number of carbonyl (C=O) groups excluding carboxylic acids is 1. The molecule has 130 valence electrons. The van der Waals surface area contributed by atoms with Crippen molar-refractivity contribution in [1.82, 2.24) is 9.88 Å². The van der Waals surface area contributed by atoms with Crippen LogP contribution in [-0.4, -0.2) is 41.0 Å². The van der Waals surface area contributed by atoms with Crippen LogP contribution in [0.1, 0.15) is 28.9 Å². The fraction of sp³-hybridized carbons (Fsp3) is 0.400. The second kappa shape index (κ2) is 7.02. The van der Waals surface area contributed by atoms with Gasteiger partial charge in [-0.2, -0.15) is 4.39 Å². The molecule has 2 fully saturated rings. The summed E-state index contributed by atoms with van der Waals surface area (Å²) in [5, 5.41) is 0. The standard InChI is InChI=1S/C20H21FN2O2/c21-19-8-4-7-18(22-19)20(24)15-9-16-12-25-13-17(10-15)23(16)11-14-5-2-1-3-6-14/h1-8,15-17H,9-13H2. The van der Waals surface area contributed by atoms with Gasteiger partial charge in [0.05, 0.1) is 13.2 Å². The SMILES string of the molecule is O=C(c1cccc(F)n1)C1CC2COCC(C1)N2Cc1ccccc1. The van der Waals surface area contributed by atoms with Gasteiger partial charge in [0, 0.05) is 24.5 Å². The van der Waals surface area contributed by atoms with E-state index in [4.69, 9.17) is 4.74 Å². The maximum atomic E-state index is 13.3. The molecule has 2 saturated heterocycles. The Labute approximate surface area is 146 Å². The van der Waals surface area contributed by atoms with Crippen LogP contribution in [0.25, 0.3) is 0 Å². The molecule has 5 heteroatoms. The highest BCUT2D eigenvalue weighted by atomic mass is 19.1. The molecule has 3 heterocycles. The number of pyridine rings is 1. The molecular weight excluding hydrogens is 319 g/mol. The third-order valence-corrected chi connectivity index (χ3v) is 5.22. The second-order valence-corrected chi connectivity index (χ2v) is 6.88. The van der Waals surface area contributed by atoms with Crippen molar-refractivity contribution >= 4 is 5.78 Å². The van der Waals surface area contributed by atoms with Gasteiger partial charge < -0.3 is 4.74 Å². The van der Waals surface area contributed by atoms with Crippen LogP contribution >= 0.6 is 0 Å². The summed E-state index contributed by atoms with van der Waals surface area (Å²) < 4.78 is 19.1. The van der Waals surface area contributed by atoms with Crippen molar-refractivity contribution < 1.29 is 13.9 Å². The van der Waals surface area contributed by atoms with Gasteiger partial charge in [-0.15, -0.1) is 0 Å². The predicted octanol–water partition coefficient (Wildman–Crippen LogP) is 3.08. The monoisotopic (exact) mass is 340 g/mol. The number of rotatable bonds is 4. The van der Waals surface area contributed by atoms with Gasteiger partial charge in [-0.3, -0.25) is 9.69 Å². The van der Waals surface area contributed by atoms with Gasteiger partial charge in [0.15, 0.2) is 5.78 Å². The Morgan fingerprint density at radius 2 is 1.80 bits per heavy atom. The number of aromatic nitrogens is 1. The summed E-state index contributed by atoms with van der Waals surface area (Å²) >= 11 is 0. The first-order valence-electron chi connectivity index (χ1n) is 8.75. The molecule has 4 rings (SSSR count). The third-order valence-electron chi connectivity index (χ3n) is 5.22. The lowest BCUT2D eigenvalue weighted by atomic mass is 9.81. The Morgan fingerprint density at radius 3 is 2.48 bits per heavy atom. The molecule has 0 N–H and O–H groups in total. The van der Waals surface area contributed by atoms with Gasteiger partial charge in [0.1, 0.15) is 5.69 Å². The highest BCUT2D eigenvalue weighted by Crippen LogP contribution is 2.34. The van der Waals surface area contributed by atoms with Crippen molar-refractivity contribution in [1.29, 1.82) is 0 Å². The van der Waals surface area contributed by atoms with Crippen LogP contribution in [0.3, 0.4) is 0 Å². The molecule has 0 aliphatic carbocycles. The normalized spacial score (nSPS) is 26.4. The maximum Gasteiger partial charge on any atom is 0.213 e. The van der Waals surface area contributed by atoms with Crippen LogP contribution in [-0.2, 0) is 11.3 Å². The van der Waals surface area contributed by atoms with Gasteiger partial charge in [-0.05, 0) is 30.5 Å². The number of halogens is 1. The number of hydrogen-bond donors (Lipinski definition) is 0. The zero-order valence-corrected chi connectivity index (χ0v) is 14.0. The molecule has 2 bridgehead atoms. The number of carbonyl (C=O) groups is 1. The highest BCUT2D eigenvalue weighted by molar-refractivity contribution is 5.96. The number of ether oxygens (including phenoxy) is 1. The van der Waals surface area contributed by atoms with E-state index >= 15 is 0 Å². The van der Waals surface area contributed by atoms with Gasteiger partial charge >= 0.3 is 0 Å². The molecule has 0 radical (unpaired) electrons. The lowest BCUT2D eigenvalue weighted by molar-refractivity contribution is -0.0873. The van der Waals surface area contributed by atoms with Crippen molar-refractivity contribution in [3.63, 3.8) is 0 Å². The number of fused-ring (bicyclic) bond motifs is 2. The first-order valence-corrected chi connectivity index (χ1v) is 8.75. The number of nitrogens with zero attached hydrogens (tertiary/aromatic N) is 2. The van der Waals surface area contributed by atoms with E-state index in [9.17, 15) is 9.18 Å². The number of Topliss-reactive ketones (excluding diaryl/α,β-unsaturated/α-hetero) is 1. The summed E-state index contributed by atoms with van der Waals surface area (Å²) in [4.78, 5) is 19.0. The van der Waals surface area contributed by atoms with Crippen LogP contribution in [0.2, 0.25) is 0 Å². The number of morpholine rings is 1. The van der Waals surface area contributed by atoms with Crippen molar-refractivity contribution in [3.8, 4) is 0 Å². The van der Waals surface area contributed by atoms with E-state index < -0.39 is 5.95 Å². The summed E-state index contributed by atoms with van der Waals surface area (Å²) in [5.74, 6) is -0.758. The molecule has 4 nitrogen and oxygen atoms in total. The molecular formula is C20H21FN2O2. The molecule has 25 heavy (non-hydrogen) atoms. The average Bonchev–Trinajstić information content (AvgIpc) is 2.62. The van der Waals surface area contributed by atoms with Crippen molar-refractivity contribution in [2.75, 3.05) is 13.2 Å². The Hall–Kier alpha value is -2.11. The Morgan fingerprint density at radius 1 is 1.08 bits per heavy atom. The van der Waals surface area contributed by atoms with Crippen molar-refractivity contribution in [2.24, 2.45) is 5.92 Å². The predicted molar refractivity (Wildman–Crippen MR) is 91.6 cm³/mol. The summed E-state index contributed by atoms with van der Waals surface area (Å²) in [6, 6.07) is 15.2. The van der Waals surface area contributed by atoms with Crippen LogP contribution < -0.4 is 0 Å². The topological polar surface area (TPSA) is 42.4 Å². The van der Waals surface area contributed by atoms with E-state index in [1.54, 1.807) is 12.1 Å². The van der Waals surface area contributed by atoms with E-state index in [0.29, 0.717) is 13.2 Å². The maximum absolute atomic E-state index is 13.3. The molecule has 2 aliphatic heterocycles. The molecule has 1 aromatic heterocycles. The summed E-state index contributed by atoms with van der Waals surface area (Å²) in [6.45, 7) is 2.16. The van der Waals surface area contributed by atoms with Crippen LogP contribution in [0, 0.1) is 11.9 Å². The smallest absolute Gasteiger partial charge is 0.213 e. The fourth-order valence-corrected chi connectivity index (χ4v) is 4.01. The third kappa shape index (κ3) is 3.48. The Bertz CT molecular complexity index is 738. The molecule has 2 atom stereocenters. The first-order chi connectivity index (χ1) is 12.2.